The molecule has 1 aromatic heterocycles. The van der Waals surface area contributed by atoms with E-state index in [4.69, 9.17) is 9.15 Å². The highest BCUT2D eigenvalue weighted by Crippen LogP contribution is 2.34. The minimum Gasteiger partial charge on any atom is -0.497 e. The van der Waals surface area contributed by atoms with Gasteiger partial charge in [-0.1, -0.05) is 30.3 Å². The summed E-state index contributed by atoms with van der Waals surface area (Å²) in [5.41, 5.74) is -0.284. The molecule has 0 saturated carbocycles. The first-order valence-electron chi connectivity index (χ1n) is 10.4. The molecule has 1 heterocycles. The number of ether oxygens (including phenoxy) is 1. The van der Waals surface area contributed by atoms with Crippen molar-refractivity contribution in [1.29, 1.82) is 0 Å². The molecule has 0 fully saturated rings. The zero-order valence-corrected chi connectivity index (χ0v) is 19.2. The van der Waals surface area contributed by atoms with Gasteiger partial charge in [-0.3, -0.25) is 0 Å². The molecule has 6 nitrogen and oxygen atoms in total. The van der Waals surface area contributed by atoms with Crippen LogP contribution < -0.4 is 15.1 Å². The molecule has 1 N–H and O–H groups in total. The largest absolute Gasteiger partial charge is 0.497 e. The number of fused-ring (bicyclic) bond motifs is 1. The van der Waals surface area contributed by atoms with Gasteiger partial charge in [0.15, 0.2) is 0 Å². The van der Waals surface area contributed by atoms with Crippen molar-refractivity contribution in [2.45, 2.75) is 24.0 Å². The fourth-order valence-corrected chi connectivity index (χ4v) is 4.60. The molecule has 0 amide bonds. The Morgan fingerprint density at radius 1 is 0.886 bits per heavy atom. The molecule has 0 unspecified atom stereocenters. The van der Waals surface area contributed by atoms with Crippen LogP contribution in [0.1, 0.15) is 22.3 Å². The molecule has 0 bridgehead atoms. The van der Waals surface area contributed by atoms with Gasteiger partial charge >= 0.3 is 11.8 Å². The summed E-state index contributed by atoms with van der Waals surface area (Å²) in [6.07, 6.45) is -4.45. The molecule has 3 aromatic carbocycles. The number of alkyl halides is 3. The molecule has 0 saturated heterocycles. The number of methoxy groups -OCH3 is 1. The van der Waals surface area contributed by atoms with Crippen molar-refractivity contribution in [2.24, 2.45) is 0 Å². The Kier molecular flexibility index (Phi) is 6.68. The maximum atomic E-state index is 13.4. The van der Waals surface area contributed by atoms with E-state index in [0.717, 1.165) is 5.56 Å². The molecular formula is C25H20F3NO5S. The van der Waals surface area contributed by atoms with E-state index in [1.54, 1.807) is 49.6 Å². The van der Waals surface area contributed by atoms with Crippen LogP contribution >= 0.6 is 0 Å². The van der Waals surface area contributed by atoms with E-state index in [-0.39, 0.29) is 28.8 Å². The summed E-state index contributed by atoms with van der Waals surface area (Å²) in [5.74, 6) is 0.665. The Bertz CT molecular complexity index is 1510. The van der Waals surface area contributed by atoms with Crippen molar-refractivity contribution in [3.05, 3.63) is 105 Å². The summed E-state index contributed by atoms with van der Waals surface area (Å²) >= 11 is 0. The second-order valence-corrected chi connectivity index (χ2v) is 9.57. The zero-order valence-electron chi connectivity index (χ0n) is 18.4. The lowest BCUT2D eigenvalue weighted by molar-refractivity contribution is -0.136. The third-order valence-corrected chi connectivity index (χ3v) is 6.80. The average Bonchev–Trinajstić information content (AvgIpc) is 2.82. The van der Waals surface area contributed by atoms with E-state index >= 15 is 0 Å². The quantitative estimate of drug-likeness (QED) is 0.363. The van der Waals surface area contributed by atoms with Gasteiger partial charge in [-0.05, 0) is 59.5 Å². The Morgan fingerprint density at radius 3 is 2.14 bits per heavy atom. The smallest absolute Gasteiger partial charge is 0.417 e. The van der Waals surface area contributed by atoms with E-state index in [2.05, 4.69) is 4.72 Å². The van der Waals surface area contributed by atoms with Crippen molar-refractivity contribution >= 4 is 21.0 Å². The normalized spacial score (nSPS) is 12.1. The minimum absolute atomic E-state index is 0.0643. The molecular weight excluding hydrogens is 483 g/mol. The summed E-state index contributed by atoms with van der Waals surface area (Å²) < 4.78 is 77.9. The topological polar surface area (TPSA) is 85.6 Å². The van der Waals surface area contributed by atoms with Crippen LogP contribution in [0, 0.1) is 0 Å². The molecule has 4 aromatic rings. The van der Waals surface area contributed by atoms with Crippen molar-refractivity contribution in [3.63, 3.8) is 0 Å². The minimum atomic E-state index is -4.71. The van der Waals surface area contributed by atoms with Crippen molar-refractivity contribution in [3.8, 4) is 5.75 Å². The lowest BCUT2D eigenvalue weighted by Crippen LogP contribution is -2.23. The molecule has 0 aliphatic rings. The van der Waals surface area contributed by atoms with E-state index in [1.165, 1.54) is 24.3 Å². The summed E-state index contributed by atoms with van der Waals surface area (Å²) in [6, 6.07) is 17.7. The Hall–Kier alpha value is -3.63. The van der Waals surface area contributed by atoms with Gasteiger partial charge in [0, 0.05) is 18.0 Å². The van der Waals surface area contributed by atoms with Gasteiger partial charge < -0.3 is 9.15 Å². The highest BCUT2D eigenvalue weighted by Gasteiger charge is 2.33. The van der Waals surface area contributed by atoms with Crippen molar-refractivity contribution < 1.29 is 30.7 Å². The van der Waals surface area contributed by atoms with Gasteiger partial charge in [0.2, 0.25) is 10.0 Å². The Labute approximate surface area is 199 Å². The summed E-state index contributed by atoms with van der Waals surface area (Å²) in [6.45, 7) is 0.100. The monoisotopic (exact) mass is 503 g/mol. The van der Waals surface area contributed by atoms with E-state index in [9.17, 15) is 26.4 Å². The zero-order chi connectivity index (χ0) is 25.2. The molecule has 0 spiro atoms. The number of rotatable bonds is 7. The SMILES string of the molecule is COc1ccc(CNS(=O)(=O)c2ccc(Cc3ccc4oc(=O)cc(C(F)(F)F)c4c3)cc2)cc1. The van der Waals surface area contributed by atoms with Crippen LogP contribution in [0.4, 0.5) is 13.2 Å². The van der Waals surface area contributed by atoms with Gasteiger partial charge in [-0.25, -0.2) is 17.9 Å². The molecule has 182 valence electrons. The molecule has 35 heavy (non-hydrogen) atoms. The van der Waals surface area contributed by atoms with Crippen LogP contribution in [0.2, 0.25) is 0 Å². The van der Waals surface area contributed by atoms with Crippen molar-refractivity contribution in [1.82, 2.24) is 4.72 Å². The highest BCUT2D eigenvalue weighted by atomic mass is 32.2. The molecule has 0 aliphatic heterocycles. The first kappa shape index (κ1) is 24.5. The van der Waals surface area contributed by atoms with Crippen LogP contribution in [0.25, 0.3) is 11.0 Å². The van der Waals surface area contributed by atoms with Crippen LogP contribution in [-0.2, 0) is 29.2 Å². The Morgan fingerprint density at radius 2 is 1.51 bits per heavy atom. The fourth-order valence-electron chi connectivity index (χ4n) is 3.58. The summed E-state index contributed by atoms with van der Waals surface area (Å²) in [5, 5.41) is -0.212. The number of benzene rings is 3. The number of halogens is 3. The van der Waals surface area contributed by atoms with Gasteiger partial charge in [0.05, 0.1) is 17.6 Å². The highest BCUT2D eigenvalue weighted by molar-refractivity contribution is 7.89. The molecule has 0 aliphatic carbocycles. The maximum absolute atomic E-state index is 13.4. The second-order valence-electron chi connectivity index (χ2n) is 7.80. The standard InChI is InChI=1S/C25H20F3NO5S/c1-33-19-7-2-17(3-8-19)15-29-35(31,32)20-9-4-16(5-10-20)12-18-6-11-23-21(13-18)22(25(26,27)28)14-24(30)34-23/h2-11,13-14,29H,12,15H2,1H3. The van der Waals surface area contributed by atoms with Crippen LogP contribution in [0.5, 0.6) is 5.75 Å². The van der Waals surface area contributed by atoms with Gasteiger partial charge in [-0.2, -0.15) is 13.2 Å². The predicted molar refractivity (Wildman–Crippen MR) is 124 cm³/mol. The molecule has 10 heteroatoms. The van der Waals surface area contributed by atoms with Gasteiger partial charge in [0.25, 0.3) is 0 Å². The number of sulfonamides is 1. The molecule has 0 atom stereocenters. The maximum Gasteiger partial charge on any atom is 0.417 e. The second kappa shape index (κ2) is 9.55. The first-order chi connectivity index (χ1) is 16.5. The lowest BCUT2D eigenvalue weighted by atomic mass is 10.0. The van der Waals surface area contributed by atoms with E-state index in [0.29, 0.717) is 22.9 Å². The Balaban J connectivity index is 1.50. The van der Waals surface area contributed by atoms with Crippen molar-refractivity contribution in [2.75, 3.05) is 7.11 Å². The summed E-state index contributed by atoms with van der Waals surface area (Å²) in [7, 11) is -2.22. The van der Waals surface area contributed by atoms with Crippen LogP contribution in [0.15, 0.2) is 86.9 Å². The number of nitrogens with one attached hydrogen (secondary N) is 1. The van der Waals surface area contributed by atoms with E-state index in [1.807, 2.05) is 0 Å². The van der Waals surface area contributed by atoms with Crippen LogP contribution in [-0.4, -0.2) is 15.5 Å². The van der Waals surface area contributed by atoms with Gasteiger partial charge in [0.1, 0.15) is 11.3 Å². The third-order valence-electron chi connectivity index (χ3n) is 5.38. The summed E-state index contributed by atoms with van der Waals surface area (Å²) in [4.78, 5) is 11.5. The molecule has 0 radical (unpaired) electrons. The number of hydrogen-bond donors (Lipinski definition) is 1. The lowest BCUT2D eigenvalue weighted by Gasteiger charge is -2.11. The first-order valence-corrected chi connectivity index (χ1v) is 11.9. The molecule has 4 rings (SSSR count). The fraction of sp³-hybridized carbons (Fsp3) is 0.160. The van der Waals surface area contributed by atoms with E-state index < -0.39 is 27.4 Å². The van der Waals surface area contributed by atoms with Crippen LogP contribution in [0.3, 0.4) is 0 Å². The predicted octanol–water partition coefficient (Wildman–Crippen LogP) is 4.89. The third kappa shape index (κ3) is 5.72. The average molecular weight is 503 g/mol. The number of hydrogen-bond acceptors (Lipinski definition) is 5. The van der Waals surface area contributed by atoms with Gasteiger partial charge in [-0.15, -0.1) is 0 Å².